The fourth-order valence-electron chi connectivity index (χ4n) is 2.70. The first kappa shape index (κ1) is 15.1. The standard InChI is InChI=1S/C18H18N2O3/c21-17(19-15-7-3-14(4-8-15)18(22)23)13-5-9-16(10-6-13)20-11-1-2-12-20/h3-10H,1-2,11-12H2,(H,19,21)(H,22,23). The lowest BCUT2D eigenvalue weighted by molar-refractivity contribution is 0.0696. The maximum atomic E-state index is 12.2. The van der Waals surface area contributed by atoms with E-state index in [2.05, 4.69) is 10.2 Å². The van der Waals surface area contributed by atoms with Gasteiger partial charge in [-0.15, -0.1) is 0 Å². The molecule has 1 aliphatic heterocycles. The van der Waals surface area contributed by atoms with Gasteiger partial charge in [0.05, 0.1) is 5.56 Å². The van der Waals surface area contributed by atoms with E-state index in [0.29, 0.717) is 11.3 Å². The van der Waals surface area contributed by atoms with Crippen molar-refractivity contribution in [2.75, 3.05) is 23.3 Å². The van der Waals surface area contributed by atoms with Crippen LogP contribution in [0.1, 0.15) is 33.6 Å². The molecule has 0 aromatic heterocycles. The average Bonchev–Trinajstić information content (AvgIpc) is 3.10. The van der Waals surface area contributed by atoms with Crippen LogP contribution in [0.2, 0.25) is 0 Å². The number of carbonyl (C=O) groups is 2. The van der Waals surface area contributed by atoms with Crippen molar-refractivity contribution in [2.24, 2.45) is 0 Å². The third kappa shape index (κ3) is 3.51. The molecular formula is C18H18N2O3. The van der Waals surface area contributed by atoms with Crippen molar-refractivity contribution in [3.8, 4) is 0 Å². The van der Waals surface area contributed by atoms with E-state index >= 15 is 0 Å². The molecule has 1 saturated heterocycles. The summed E-state index contributed by atoms with van der Waals surface area (Å²) in [4.78, 5) is 25.3. The molecule has 0 bridgehead atoms. The highest BCUT2D eigenvalue weighted by Gasteiger charge is 2.13. The number of benzene rings is 2. The number of anilines is 2. The quantitative estimate of drug-likeness (QED) is 0.909. The number of nitrogens with one attached hydrogen (secondary N) is 1. The zero-order valence-corrected chi connectivity index (χ0v) is 12.7. The van der Waals surface area contributed by atoms with E-state index in [1.807, 2.05) is 24.3 Å². The Morgan fingerprint density at radius 2 is 1.43 bits per heavy atom. The molecule has 0 saturated carbocycles. The lowest BCUT2D eigenvalue weighted by Gasteiger charge is -2.17. The molecule has 3 rings (SSSR count). The number of carboxylic acid groups (broad SMARTS) is 1. The topological polar surface area (TPSA) is 69.6 Å². The summed E-state index contributed by atoms with van der Waals surface area (Å²) in [5.74, 6) is -1.19. The minimum atomic E-state index is -0.986. The zero-order valence-electron chi connectivity index (χ0n) is 12.7. The first-order chi connectivity index (χ1) is 11.1. The number of hydrogen-bond acceptors (Lipinski definition) is 3. The fraction of sp³-hybridized carbons (Fsp3) is 0.222. The lowest BCUT2D eigenvalue weighted by Crippen LogP contribution is -2.18. The van der Waals surface area contributed by atoms with Gasteiger partial charge in [-0.2, -0.15) is 0 Å². The first-order valence-electron chi connectivity index (χ1n) is 7.63. The van der Waals surface area contributed by atoms with Crippen molar-refractivity contribution in [1.29, 1.82) is 0 Å². The van der Waals surface area contributed by atoms with Gasteiger partial charge in [-0.1, -0.05) is 0 Å². The van der Waals surface area contributed by atoms with Crippen LogP contribution in [0.15, 0.2) is 48.5 Å². The number of carbonyl (C=O) groups excluding carboxylic acids is 1. The second-order valence-electron chi connectivity index (χ2n) is 5.58. The Bertz CT molecular complexity index is 702. The second kappa shape index (κ2) is 6.52. The van der Waals surface area contributed by atoms with Crippen LogP contribution in [-0.2, 0) is 0 Å². The van der Waals surface area contributed by atoms with Crippen LogP contribution < -0.4 is 10.2 Å². The highest BCUT2D eigenvalue weighted by atomic mass is 16.4. The number of aromatic carboxylic acids is 1. The lowest BCUT2D eigenvalue weighted by atomic mass is 10.1. The fourth-order valence-corrected chi connectivity index (χ4v) is 2.70. The summed E-state index contributed by atoms with van der Waals surface area (Å²) in [6, 6.07) is 13.7. The van der Waals surface area contributed by atoms with Crippen LogP contribution in [-0.4, -0.2) is 30.1 Å². The molecule has 1 fully saturated rings. The van der Waals surface area contributed by atoms with Crippen LogP contribution in [0.25, 0.3) is 0 Å². The van der Waals surface area contributed by atoms with Gasteiger partial charge in [-0.25, -0.2) is 4.79 Å². The Hall–Kier alpha value is -2.82. The van der Waals surface area contributed by atoms with Crippen molar-refractivity contribution in [3.05, 3.63) is 59.7 Å². The van der Waals surface area contributed by atoms with Gasteiger partial charge in [-0.3, -0.25) is 4.79 Å². The molecule has 23 heavy (non-hydrogen) atoms. The number of rotatable bonds is 4. The molecule has 0 aliphatic carbocycles. The number of hydrogen-bond donors (Lipinski definition) is 2. The number of carboxylic acids is 1. The van der Waals surface area contributed by atoms with E-state index in [0.717, 1.165) is 18.8 Å². The van der Waals surface area contributed by atoms with Crippen LogP contribution in [0.3, 0.4) is 0 Å². The highest BCUT2D eigenvalue weighted by molar-refractivity contribution is 6.04. The Kier molecular flexibility index (Phi) is 4.28. The van der Waals surface area contributed by atoms with Crippen LogP contribution >= 0.6 is 0 Å². The maximum Gasteiger partial charge on any atom is 0.335 e. The molecule has 0 spiro atoms. The predicted molar refractivity (Wildman–Crippen MR) is 89.2 cm³/mol. The van der Waals surface area contributed by atoms with E-state index in [9.17, 15) is 9.59 Å². The van der Waals surface area contributed by atoms with Crippen LogP contribution in [0.5, 0.6) is 0 Å². The minimum Gasteiger partial charge on any atom is -0.478 e. The molecular weight excluding hydrogens is 292 g/mol. The van der Waals surface area contributed by atoms with Crippen LogP contribution in [0.4, 0.5) is 11.4 Å². The molecule has 1 heterocycles. The van der Waals surface area contributed by atoms with Gasteiger partial charge >= 0.3 is 5.97 Å². The van der Waals surface area contributed by atoms with E-state index in [1.54, 1.807) is 12.1 Å². The molecule has 1 aliphatic rings. The highest BCUT2D eigenvalue weighted by Crippen LogP contribution is 2.21. The molecule has 0 atom stereocenters. The summed E-state index contributed by atoms with van der Waals surface area (Å²) in [6.07, 6.45) is 2.43. The van der Waals surface area contributed by atoms with Gasteiger partial charge in [0, 0.05) is 30.0 Å². The third-order valence-electron chi connectivity index (χ3n) is 3.99. The van der Waals surface area contributed by atoms with E-state index < -0.39 is 5.97 Å². The molecule has 0 unspecified atom stereocenters. The van der Waals surface area contributed by atoms with Gasteiger partial charge in [0.25, 0.3) is 5.91 Å². The van der Waals surface area contributed by atoms with Gasteiger partial charge in [0.1, 0.15) is 0 Å². The largest absolute Gasteiger partial charge is 0.478 e. The average molecular weight is 310 g/mol. The number of nitrogens with zero attached hydrogens (tertiary/aromatic N) is 1. The van der Waals surface area contributed by atoms with Gasteiger partial charge in [0.2, 0.25) is 0 Å². The summed E-state index contributed by atoms with van der Waals surface area (Å²) in [5, 5.41) is 11.6. The molecule has 5 nitrogen and oxygen atoms in total. The summed E-state index contributed by atoms with van der Waals surface area (Å²) >= 11 is 0. The Morgan fingerprint density at radius 3 is 2.00 bits per heavy atom. The smallest absolute Gasteiger partial charge is 0.335 e. The van der Waals surface area contributed by atoms with Gasteiger partial charge in [-0.05, 0) is 61.4 Å². The summed E-state index contributed by atoms with van der Waals surface area (Å²) in [5.41, 5.74) is 2.49. The first-order valence-corrected chi connectivity index (χ1v) is 7.63. The normalized spacial score (nSPS) is 13.8. The van der Waals surface area contributed by atoms with Crippen molar-refractivity contribution < 1.29 is 14.7 Å². The zero-order chi connectivity index (χ0) is 16.2. The third-order valence-corrected chi connectivity index (χ3v) is 3.99. The Balaban J connectivity index is 1.66. The van der Waals surface area contributed by atoms with E-state index in [4.69, 9.17) is 5.11 Å². The SMILES string of the molecule is O=C(O)c1ccc(NC(=O)c2ccc(N3CCCC3)cc2)cc1. The molecule has 118 valence electrons. The van der Waals surface area contributed by atoms with Gasteiger partial charge < -0.3 is 15.3 Å². The maximum absolute atomic E-state index is 12.2. The van der Waals surface area contributed by atoms with Crippen molar-refractivity contribution >= 4 is 23.3 Å². The Labute approximate surface area is 134 Å². The van der Waals surface area contributed by atoms with E-state index in [-0.39, 0.29) is 11.5 Å². The van der Waals surface area contributed by atoms with Crippen molar-refractivity contribution in [3.63, 3.8) is 0 Å². The molecule has 2 aromatic rings. The summed E-state index contributed by atoms with van der Waals surface area (Å²) in [6.45, 7) is 2.14. The number of amides is 1. The van der Waals surface area contributed by atoms with E-state index in [1.165, 1.54) is 25.0 Å². The second-order valence-corrected chi connectivity index (χ2v) is 5.58. The molecule has 5 heteroatoms. The van der Waals surface area contributed by atoms with Crippen molar-refractivity contribution in [2.45, 2.75) is 12.8 Å². The Morgan fingerprint density at radius 1 is 0.870 bits per heavy atom. The summed E-state index contributed by atoms with van der Waals surface area (Å²) in [7, 11) is 0. The monoisotopic (exact) mass is 310 g/mol. The van der Waals surface area contributed by atoms with Crippen molar-refractivity contribution in [1.82, 2.24) is 0 Å². The minimum absolute atomic E-state index is 0.193. The summed E-state index contributed by atoms with van der Waals surface area (Å²) < 4.78 is 0. The molecule has 2 N–H and O–H groups in total. The molecule has 2 aromatic carbocycles. The molecule has 0 radical (unpaired) electrons. The molecule has 1 amide bonds. The van der Waals surface area contributed by atoms with Gasteiger partial charge in [0.15, 0.2) is 0 Å². The predicted octanol–water partition coefficient (Wildman–Crippen LogP) is 3.24. The van der Waals surface area contributed by atoms with Crippen LogP contribution in [0, 0.1) is 0 Å².